The Morgan fingerprint density at radius 1 is 1.39 bits per heavy atom. The van der Waals surface area contributed by atoms with Crippen LogP contribution in [-0.2, 0) is 6.54 Å². The van der Waals surface area contributed by atoms with Crippen molar-refractivity contribution in [1.82, 2.24) is 15.1 Å². The molecule has 1 saturated heterocycles. The maximum absolute atomic E-state index is 11.9. The van der Waals surface area contributed by atoms with Gasteiger partial charge >= 0.3 is 6.03 Å². The van der Waals surface area contributed by atoms with Crippen LogP contribution in [0.3, 0.4) is 0 Å². The number of hydrogen-bond acceptors (Lipinski definition) is 3. The Bertz CT molecular complexity index is 709. The van der Waals surface area contributed by atoms with Crippen LogP contribution in [0, 0.1) is 6.92 Å². The van der Waals surface area contributed by atoms with Gasteiger partial charge in [0, 0.05) is 31.5 Å². The molecule has 122 valence electrons. The van der Waals surface area contributed by atoms with Crippen LogP contribution in [0.15, 0.2) is 30.5 Å². The van der Waals surface area contributed by atoms with Gasteiger partial charge in [-0.2, -0.15) is 5.10 Å². The van der Waals surface area contributed by atoms with Crippen molar-refractivity contribution in [3.05, 3.63) is 41.7 Å². The summed E-state index contributed by atoms with van der Waals surface area (Å²) in [6, 6.07) is 8.29. The molecule has 1 aromatic heterocycles. The van der Waals surface area contributed by atoms with E-state index in [0.29, 0.717) is 13.1 Å². The van der Waals surface area contributed by atoms with Crippen molar-refractivity contribution >= 4 is 17.4 Å². The summed E-state index contributed by atoms with van der Waals surface area (Å²) < 4.78 is 1.99. The van der Waals surface area contributed by atoms with Crippen LogP contribution in [0.5, 0.6) is 0 Å². The Kier molecular flexibility index (Phi) is 4.23. The Morgan fingerprint density at radius 3 is 2.91 bits per heavy atom. The Labute approximate surface area is 136 Å². The zero-order chi connectivity index (χ0) is 16.4. The lowest BCUT2D eigenvalue weighted by Crippen LogP contribution is -2.28. The van der Waals surface area contributed by atoms with Crippen molar-refractivity contribution in [2.24, 2.45) is 0 Å². The van der Waals surface area contributed by atoms with E-state index in [-0.39, 0.29) is 12.1 Å². The third-order valence-electron chi connectivity index (χ3n) is 4.23. The molecular weight excluding hydrogens is 290 g/mol. The number of carbonyl (C=O) groups is 1. The van der Waals surface area contributed by atoms with Crippen molar-refractivity contribution in [2.45, 2.75) is 33.4 Å². The monoisotopic (exact) mass is 313 g/mol. The second kappa shape index (κ2) is 6.32. The van der Waals surface area contributed by atoms with Crippen LogP contribution in [-0.4, -0.2) is 28.9 Å². The normalized spacial score (nSPS) is 15.6. The SMILES string of the molecule is CCn1nccc1C(C)Nc1ccc(C)c(N2CCNC2=O)c1. The zero-order valence-electron chi connectivity index (χ0n) is 13.8. The average Bonchev–Trinajstić information content (AvgIpc) is 3.17. The van der Waals surface area contributed by atoms with Crippen molar-refractivity contribution < 1.29 is 4.79 Å². The molecule has 0 saturated carbocycles. The Balaban J connectivity index is 1.82. The fourth-order valence-electron chi connectivity index (χ4n) is 2.99. The summed E-state index contributed by atoms with van der Waals surface area (Å²) >= 11 is 0. The summed E-state index contributed by atoms with van der Waals surface area (Å²) in [4.78, 5) is 13.7. The standard InChI is InChI=1S/C17H23N5O/c1-4-22-15(7-8-19-22)13(3)20-14-6-5-12(2)16(11-14)21-10-9-18-17(21)23/h5-8,11,13,20H,4,9-10H2,1-3H3,(H,18,23). The molecule has 1 aromatic carbocycles. The molecular formula is C17H23N5O. The number of nitrogens with one attached hydrogen (secondary N) is 2. The summed E-state index contributed by atoms with van der Waals surface area (Å²) in [6.07, 6.45) is 1.83. The molecule has 0 bridgehead atoms. The van der Waals surface area contributed by atoms with Crippen LogP contribution >= 0.6 is 0 Å². The number of anilines is 2. The molecule has 1 unspecified atom stereocenters. The number of urea groups is 1. The average molecular weight is 313 g/mol. The van der Waals surface area contributed by atoms with E-state index in [9.17, 15) is 4.79 Å². The molecule has 0 aliphatic carbocycles. The first-order chi connectivity index (χ1) is 11.1. The molecule has 1 aliphatic heterocycles. The van der Waals surface area contributed by atoms with Gasteiger partial charge in [-0.3, -0.25) is 9.58 Å². The van der Waals surface area contributed by atoms with Gasteiger partial charge in [0.1, 0.15) is 0 Å². The van der Waals surface area contributed by atoms with Crippen LogP contribution in [0.2, 0.25) is 0 Å². The molecule has 1 atom stereocenters. The highest BCUT2D eigenvalue weighted by Gasteiger charge is 2.23. The van der Waals surface area contributed by atoms with E-state index in [1.165, 1.54) is 0 Å². The number of amides is 2. The minimum Gasteiger partial charge on any atom is -0.377 e. The first kappa shape index (κ1) is 15.4. The molecule has 1 aliphatic rings. The second-order valence-corrected chi connectivity index (χ2v) is 5.82. The molecule has 2 N–H and O–H groups in total. The van der Waals surface area contributed by atoms with E-state index < -0.39 is 0 Å². The van der Waals surface area contributed by atoms with Crippen LogP contribution < -0.4 is 15.5 Å². The molecule has 6 nitrogen and oxygen atoms in total. The van der Waals surface area contributed by atoms with Crippen LogP contribution in [0.4, 0.5) is 16.2 Å². The van der Waals surface area contributed by atoms with Crippen molar-refractivity contribution in [2.75, 3.05) is 23.3 Å². The van der Waals surface area contributed by atoms with Crippen molar-refractivity contribution in [3.63, 3.8) is 0 Å². The van der Waals surface area contributed by atoms with Gasteiger partial charge in [0.25, 0.3) is 0 Å². The summed E-state index contributed by atoms with van der Waals surface area (Å²) in [5.41, 5.74) is 4.20. The van der Waals surface area contributed by atoms with Crippen molar-refractivity contribution in [3.8, 4) is 0 Å². The fourth-order valence-corrected chi connectivity index (χ4v) is 2.99. The first-order valence-electron chi connectivity index (χ1n) is 8.04. The van der Waals surface area contributed by atoms with Gasteiger partial charge in [0.05, 0.1) is 17.4 Å². The molecule has 23 heavy (non-hydrogen) atoms. The van der Waals surface area contributed by atoms with Gasteiger partial charge in [0.2, 0.25) is 0 Å². The summed E-state index contributed by atoms with van der Waals surface area (Å²) in [7, 11) is 0. The number of carbonyl (C=O) groups excluding carboxylic acids is 1. The molecule has 0 spiro atoms. The lowest BCUT2D eigenvalue weighted by molar-refractivity contribution is 0.252. The fraction of sp³-hybridized carbons (Fsp3) is 0.412. The van der Waals surface area contributed by atoms with E-state index >= 15 is 0 Å². The quantitative estimate of drug-likeness (QED) is 0.892. The highest BCUT2D eigenvalue weighted by Crippen LogP contribution is 2.28. The number of nitrogens with zero attached hydrogens (tertiary/aromatic N) is 3. The first-order valence-corrected chi connectivity index (χ1v) is 8.04. The predicted molar refractivity (Wildman–Crippen MR) is 91.9 cm³/mol. The lowest BCUT2D eigenvalue weighted by atomic mass is 10.1. The molecule has 0 radical (unpaired) electrons. The van der Waals surface area contributed by atoms with Crippen LogP contribution in [0.25, 0.3) is 0 Å². The Morgan fingerprint density at radius 2 is 2.22 bits per heavy atom. The van der Waals surface area contributed by atoms with E-state index in [1.807, 2.05) is 36.0 Å². The number of aryl methyl sites for hydroxylation is 2. The topological polar surface area (TPSA) is 62.2 Å². The molecule has 6 heteroatoms. The van der Waals surface area contributed by atoms with E-state index in [0.717, 1.165) is 29.2 Å². The molecule has 1 fully saturated rings. The molecule has 2 heterocycles. The smallest absolute Gasteiger partial charge is 0.322 e. The van der Waals surface area contributed by atoms with E-state index in [4.69, 9.17) is 0 Å². The number of hydrogen-bond donors (Lipinski definition) is 2. The summed E-state index contributed by atoms with van der Waals surface area (Å²) in [5, 5.41) is 10.7. The third kappa shape index (κ3) is 3.02. The van der Waals surface area contributed by atoms with E-state index in [2.05, 4.69) is 35.6 Å². The molecule has 2 amide bonds. The third-order valence-corrected chi connectivity index (χ3v) is 4.23. The maximum atomic E-state index is 11.9. The predicted octanol–water partition coefficient (Wildman–Crippen LogP) is 2.91. The highest BCUT2D eigenvalue weighted by molar-refractivity contribution is 5.95. The number of rotatable bonds is 5. The van der Waals surface area contributed by atoms with E-state index in [1.54, 1.807) is 4.90 Å². The second-order valence-electron chi connectivity index (χ2n) is 5.82. The lowest BCUT2D eigenvalue weighted by Gasteiger charge is -2.21. The van der Waals surface area contributed by atoms with Gasteiger partial charge in [-0.15, -0.1) is 0 Å². The van der Waals surface area contributed by atoms with Crippen LogP contribution in [0.1, 0.15) is 31.1 Å². The highest BCUT2D eigenvalue weighted by atomic mass is 16.2. The van der Waals surface area contributed by atoms with Gasteiger partial charge in [0.15, 0.2) is 0 Å². The van der Waals surface area contributed by atoms with Gasteiger partial charge in [-0.05, 0) is 44.5 Å². The Hall–Kier alpha value is -2.50. The zero-order valence-corrected chi connectivity index (χ0v) is 13.8. The number of aromatic nitrogens is 2. The van der Waals surface area contributed by atoms with Gasteiger partial charge < -0.3 is 10.6 Å². The molecule has 3 rings (SSSR count). The minimum absolute atomic E-state index is 0.0256. The molecule has 2 aromatic rings. The van der Waals surface area contributed by atoms with Gasteiger partial charge in [-0.25, -0.2) is 4.79 Å². The minimum atomic E-state index is -0.0256. The summed E-state index contributed by atoms with van der Waals surface area (Å²) in [6.45, 7) is 8.48. The summed E-state index contributed by atoms with van der Waals surface area (Å²) in [5.74, 6) is 0. The number of benzene rings is 1. The van der Waals surface area contributed by atoms with Crippen molar-refractivity contribution in [1.29, 1.82) is 0 Å². The largest absolute Gasteiger partial charge is 0.377 e. The maximum Gasteiger partial charge on any atom is 0.322 e. The van der Waals surface area contributed by atoms with Gasteiger partial charge in [-0.1, -0.05) is 6.07 Å².